The molecule has 1 aliphatic rings. The predicted molar refractivity (Wildman–Crippen MR) is 68.9 cm³/mol. The zero-order chi connectivity index (χ0) is 12.7. The minimum absolute atomic E-state index is 0.145. The number of hydrogen-bond donors (Lipinski definition) is 1. The van der Waals surface area contributed by atoms with Crippen LogP contribution in [0.15, 0.2) is 0 Å². The van der Waals surface area contributed by atoms with E-state index < -0.39 is 0 Å². The number of hydrogen-bond acceptors (Lipinski definition) is 4. The number of esters is 1. The van der Waals surface area contributed by atoms with Crippen LogP contribution in [-0.2, 0) is 9.53 Å². The summed E-state index contributed by atoms with van der Waals surface area (Å²) in [5.41, 5.74) is 0. The van der Waals surface area contributed by atoms with Crippen LogP contribution in [0.2, 0.25) is 0 Å². The van der Waals surface area contributed by atoms with Crippen molar-refractivity contribution in [2.75, 3.05) is 33.8 Å². The maximum atomic E-state index is 11.6. The molecule has 0 aliphatic heterocycles. The van der Waals surface area contributed by atoms with E-state index in [-0.39, 0.29) is 12.0 Å². The quantitative estimate of drug-likeness (QED) is 0.682. The van der Waals surface area contributed by atoms with Crippen LogP contribution >= 0.6 is 0 Å². The van der Waals surface area contributed by atoms with Crippen molar-refractivity contribution in [2.45, 2.75) is 38.6 Å². The maximum absolute atomic E-state index is 11.6. The molecule has 1 fully saturated rings. The molecule has 0 aromatic carbocycles. The van der Waals surface area contributed by atoms with E-state index in [9.17, 15) is 4.79 Å². The summed E-state index contributed by atoms with van der Waals surface area (Å²) >= 11 is 0. The van der Waals surface area contributed by atoms with Crippen LogP contribution in [0, 0.1) is 5.92 Å². The summed E-state index contributed by atoms with van der Waals surface area (Å²) < 4.78 is 5.04. The summed E-state index contributed by atoms with van der Waals surface area (Å²) in [7, 11) is 3.90. The average Bonchev–Trinajstić information content (AvgIpc) is 2.78. The molecule has 0 radical (unpaired) electrons. The van der Waals surface area contributed by atoms with Crippen molar-refractivity contribution in [1.82, 2.24) is 10.2 Å². The largest absolute Gasteiger partial charge is 0.465 e. The van der Waals surface area contributed by atoms with E-state index in [4.69, 9.17) is 4.74 Å². The Hall–Kier alpha value is -0.610. The predicted octanol–water partition coefficient (Wildman–Crippen LogP) is 1.26. The highest BCUT2D eigenvalue weighted by atomic mass is 16.5. The number of nitrogens with zero attached hydrogens (tertiary/aromatic N) is 1. The van der Waals surface area contributed by atoms with Crippen LogP contribution < -0.4 is 5.32 Å². The van der Waals surface area contributed by atoms with E-state index in [0.717, 1.165) is 19.0 Å². The second-order valence-corrected chi connectivity index (χ2v) is 4.97. The summed E-state index contributed by atoms with van der Waals surface area (Å²) in [4.78, 5) is 13.9. The third-order valence-corrected chi connectivity index (χ3v) is 3.46. The van der Waals surface area contributed by atoms with E-state index in [2.05, 4.69) is 17.3 Å². The molecule has 1 rings (SSSR count). The zero-order valence-electron chi connectivity index (χ0n) is 11.4. The topological polar surface area (TPSA) is 41.6 Å². The van der Waals surface area contributed by atoms with Crippen molar-refractivity contribution in [1.29, 1.82) is 0 Å². The van der Waals surface area contributed by atoms with Gasteiger partial charge in [0.2, 0.25) is 0 Å². The van der Waals surface area contributed by atoms with Gasteiger partial charge in [-0.25, -0.2) is 0 Å². The molecule has 0 saturated heterocycles. The molecule has 17 heavy (non-hydrogen) atoms. The first-order valence-corrected chi connectivity index (χ1v) is 6.69. The third kappa shape index (κ3) is 5.04. The Morgan fingerprint density at radius 2 is 2.12 bits per heavy atom. The minimum Gasteiger partial charge on any atom is -0.465 e. The van der Waals surface area contributed by atoms with E-state index in [1.165, 1.54) is 25.7 Å². The molecule has 0 aromatic rings. The first kappa shape index (κ1) is 14.5. The van der Waals surface area contributed by atoms with Gasteiger partial charge in [0.25, 0.3) is 0 Å². The second kappa shape index (κ2) is 7.67. The minimum atomic E-state index is -0.207. The lowest BCUT2D eigenvalue weighted by atomic mass is 10.1. The molecule has 4 nitrogen and oxygen atoms in total. The smallest absolute Gasteiger partial charge is 0.324 e. The van der Waals surface area contributed by atoms with Crippen LogP contribution in [0.5, 0.6) is 0 Å². The third-order valence-electron chi connectivity index (χ3n) is 3.46. The Balaban J connectivity index is 2.30. The molecule has 0 amide bonds. The molecule has 100 valence electrons. The van der Waals surface area contributed by atoms with Crippen LogP contribution in [0.4, 0.5) is 0 Å². The Kier molecular flexibility index (Phi) is 6.52. The highest BCUT2D eigenvalue weighted by Crippen LogP contribution is 2.25. The van der Waals surface area contributed by atoms with Crippen LogP contribution in [0.25, 0.3) is 0 Å². The number of ether oxygens (including phenoxy) is 1. The van der Waals surface area contributed by atoms with Crippen molar-refractivity contribution in [3.05, 3.63) is 0 Å². The lowest BCUT2D eigenvalue weighted by Gasteiger charge is -2.24. The SMILES string of the molecule is CCOC(=O)C(CN(C)CC1CCCC1)NC. The highest BCUT2D eigenvalue weighted by molar-refractivity contribution is 5.76. The van der Waals surface area contributed by atoms with E-state index in [1.54, 1.807) is 0 Å². The van der Waals surface area contributed by atoms with Crippen LogP contribution in [0.3, 0.4) is 0 Å². The highest BCUT2D eigenvalue weighted by Gasteiger charge is 2.22. The van der Waals surface area contributed by atoms with Crippen molar-refractivity contribution in [3.8, 4) is 0 Å². The fourth-order valence-corrected chi connectivity index (χ4v) is 2.55. The fourth-order valence-electron chi connectivity index (χ4n) is 2.55. The van der Waals surface area contributed by atoms with Crippen molar-refractivity contribution in [2.24, 2.45) is 5.92 Å². The summed E-state index contributed by atoms with van der Waals surface area (Å²) in [6.45, 7) is 4.11. The average molecular weight is 242 g/mol. The Morgan fingerprint density at radius 1 is 1.47 bits per heavy atom. The van der Waals surface area contributed by atoms with Gasteiger partial charge in [0.05, 0.1) is 6.61 Å². The Labute approximate surface area is 105 Å². The molecule has 0 bridgehead atoms. The lowest BCUT2D eigenvalue weighted by molar-refractivity contribution is -0.146. The Morgan fingerprint density at radius 3 is 2.65 bits per heavy atom. The lowest BCUT2D eigenvalue weighted by Crippen LogP contribution is -2.45. The van der Waals surface area contributed by atoms with Crippen molar-refractivity contribution < 1.29 is 9.53 Å². The molecule has 1 atom stereocenters. The number of nitrogens with one attached hydrogen (secondary N) is 1. The molecule has 0 aromatic heterocycles. The van der Waals surface area contributed by atoms with Gasteiger partial charge in [-0.15, -0.1) is 0 Å². The molecule has 1 N–H and O–H groups in total. The van der Waals surface area contributed by atoms with Gasteiger partial charge in [-0.05, 0) is 39.8 Å². The number of likely N-dealkylation sites (N-methyl/N-ethyl adjacent to an activating group) is 2. The summed E-state index contributed by atoms with van der Waals surface area (Å²) in [5, 5.41) is 3.03. The maximum Gasteiger partial charge on any atom is 0.324 e. The van der Waals surface area contributed by atoms with Gasteiger partial charge in [0, 0.05) is 13.1 Å². The summed E-state index contributed by atoms with van der Waals surface area (Å²) in [6.07, 6.45) is 5.42. The van der Waals surface area contributed by atoms with Gasteiger partial charge < -0.3 is 15.0 Å². The van der Waals surface area contributed by atoms with Gasteiger partial charge in [0.15, 0.2) is 0 Å². The van der Waals surface area contributed by atoms with Crippen molar-refractivity contribution >= 4 is 5.97 Å². The number of carbonyl (C=O) groups excluding carboxylic acids is 1. The second-order valence-electron chi connectivity index (χ2n) is 4.97. The van der Waals surface area contributed by atoms with Gasteiger partial charge in [0.1, 0.15) is 6.04 Å². The molecule has 0 spiro atoms. The molecular formula is C13H26N2O2. The summed E-state index contributed by atoms with van der Waals surface area (Å²) in [5.74, 6) is 0.674. The molecule has 1 saturated carbocycles. The van der Waals surface area contributed by atoms with Crippen LogP contribution in [0.1, 0.15) is 32.6 Å². The Bertz CT molecular complexity index is 227. The van der Waals surface area contributed by atoms with Gasteiger partial charge in [-0.2, -0.15) is 0 Å². The molecular weight excluding hydrogens is 216 g/mol. The first-order chi connectivity index (χ1) is 8.17. The fraction of sp³-hybridized carbons (Fsp3) is 0.923. The normalized spacial score (nSPS) is 18.6. The monoisotopic (exact) mass is 242 g/mol. The number of rotatable bonds is 7. The van der Waals surface area contributed by atoms with Gasteiger partial charge in [-0.3, -0.25) is 4.79 Å². The van der Waals surface area contributed by atoms with E-state index in [0.29, 0.717) is 6.61 Å². The molecule has 1 aliphatic carbocycles. The van der Waals surface area contributed by atoms with Gasteiger partial charge >= 0.3 is 5.97 Å². The summed E-state index contributed by atoms with van der Waals surface area (Å²) in [6, 6.07) is -0.207. The van der Waals surface area contributed by atoms with E-state index >= 15 is 0 Å². The first-order valence-electron chi connectivity index (χ1n) is 6.69. The molecule has 1 unspecified atom stereocenters. The van der Waals surface area contributed by atoms with Crippen molar-refractivity contribution in [3.63, 3.8) is 0 Å². The van der Waals surface area contributed by atoms with E-state index in [1.807, 2.05) is 14.0 Å². The molecule has 4 heteroatoms. The standard InChI is InChI=1S/C13H26N2O2/c1-4-17-13(16)12(14-2)10-15(3)9-11-7-5-6-8-11/h11-12,14H,4-10H2,1-3H3. The van der Waals surface area contributed by atoms with Crippen LogP contribution in [-0.4, -0.2) is 50.7 Å². The molecule has 0 heterocycles. The van der Waals surface area contributed by atoms with Gasteiger partial charge in [-0.1, -0.05) is 12.8 Å². The number of carbonyl (C=O) groups is 1. The zero-order valence-corrected chi connectivity index (χ0v) is 11.4.